The lowest BCUT2D eigenvalue weighted by molar-refractivity contribution is 0.495. The number of nitrogens with zero attached hydrogens (tertiary/aromatic N) is 1. The van der Waals surface area contributed by atoms with E-state index in [1.165, 1.54) is 0 Å². The zero-order valence-electron chi connectivity index (χ0n) is 8.71. The highest BCUT2D eigenvalue weighted by atomic mass is 79.9. The molecule has 3 nitrogen and oxygen atoms in total. The van der Waals surface area contributed by atoms with Crippen molar-refractivity contribution in [3.63, 3.8) is 0 Å². The topological polar surface area (TPSA) is 49.0 Å². The van der Waals surface area contributed by atoms with Crippen LogP contribution >= 0.6 is 31.9 Å². The fraction of sp³-hybridized carbons (Fsp3) is 0.0833. The van der Waals surface area contributed by atoms with E-state index in [2.05, 4.69) is 43.2 Å². The Labute approximate surface area is 116 Å². The fourth-order valence-electron chi connectivity index (χ4n) is 1.36. The molecule has 0 saturated carbocycles. The van der Waals surface area contributed by atoms with Gasteiger partial charge >= 0.3 is 0 Å². The third kappa shape index (κ3) is 3.11. The molecule has 0 fully saturated rings. The number of benzene rings is 1. The molecule has 0 aliphatic rings. The molecule has 2 rings (SSSR count). The lowest BCUT2D eigenvalue weighted by Crippen LogP contribution is -1.98. The summed E-state index contributed by atoms with van der Waals surface area (Å²) in [4.78, 5) is 0. The van der Waals surface area contributed by atoms with Crippen molar-refractivity contribution in [3.05, 3.63) is 50.8 Å². The summed E-state index contributed by atoms with van der Waals surface area (Å²) in [6, 6.07) is 11.2. The molecule has 0 aliphatic carbocycles. The zero-order chi connectivity index (χ0) is 12.3. The maximum atomic E-state index is 8.75. The van der Waals surface area contributed by atoms with E-state index >= 15 is 0 Å². The lowest BCUT2D eigenvalue weighted by atomic mass is 10.2. The van der Waals surface area contributed by atoms with Gasteiger partial charge in [-0.2, -0.15) is 5.26 Å². The Morgan fingerprint density at radius 2 is 2.06 bits per heavy atom. The van der Waals surface area contributed by atoms with Gasteiger partial charge < -0.3 is 9.73 Å². The Hall–Kier alpha value is -1.25. The molecule has 1 N–H and O–H groups in total. The van der Waals surface area contributed by atoms with E-state index in [1.54, 1.807) is 12.1 Å². The van der Waals surface area contributed by atoms with Gasteiger partial charge in [-0.15, -0.1) is 0 Å². The molecular formula is C12H8Br2N2O. The van der Waals surface area contributed by atoms with E-state index in [-0.39, 0.29) is 0 Å². The van der Waals surface area contributed by atoms with E-state index in [9.17, 15) is 0 Å². The van der Waals surface area contributed by atoms with E-state index in [0.717, 1.165) is 15.9 Å². The molecule has 1 heterocycles. The third-order valence-electron chi connectivity index (χ3n) is 2.18. The highest BCUT2D eigenvalue weighted by Crippen LogP contribution is 2.24. The summed E-state index contributed by atoms with van der Waals surface area (Å²) < 4.78 is 6.96. The second-order valence-electron chi connectivity index (χ2n) is 3.37. The van der Waals surface area contributed by atoms with Crippen LogP contribution in [0.4, 0.5) is 5.69 Å². The number of halogens is 2. The average molecular weight is 356 g/mol. The van der Waals surface area contributed by atoms with Gasteiger partial charge in [0.2, 0.25) is 0 Å². The Balaban J connectivity index is 2.07. The van der Waals surface area contributed by atoms with Crippen LogP contribution in [0.5, 0.6) is 0 Å². The summed E-state index contributed by atoms with van der Waals surface area (Å²) in [5.74, 6) is 0.841. The van der Waals surface area contributed by atoms with Crippen LogP contribution < -0.4 is 5.32 Å². The first-order valence-corrected chi connectivity index (χ1v) is 6.45. The molecule has 0 spiro atoms. The van der Waals surface area contributed by atoms with Crippen LogP contribution in [0.2, 0.25) is 0 Å². The van der Waals surface area contributed by atoms with Crippen molar-refractivity contribution in [2.24, 2.45) is 0 Å². The standard InChI is InChI=1S/C12H8Br2N2O/c13-10-5-8(6-15)1-3-11(10)16-7-9-2-4-12(14)17-9/h1-5,16H,7H2. The quantitative estimate of drug-likeness (QED) is 0.893. The van der Waals surface area contributed by atoms with Crippen molar-refractivity contribution < 1.29 is 4.42 Å². The molecule has 2 aromatic rings. The highest BCUT2D eigenvalue weighted by molar-refractivity contribution is 9.10. The fourth-order valence-corrected chi connectivity index (χ4v) is 2.22. The molecule has 1 aromatic heterocycles. The van der Waals surface area contributed by atoms with Crippen LogP contribution in [0, 0.1) is 11.3 Å². The lowest BCUT2D eigenvalue weighted by Gasteiger charge is -2.06. The summed E-state index contributed by atoms with van der Waals surface area (Å²) in [7, 11) is 0. The summed E-state index contributed by atoms with van der Waals surface area (Å²) in [5, 5.41) is 12.0. The van der Waals surface area contributed by atoms with E-state index in [0.29, 0.717) is 16.8 Å². The SMILES string of the molecule is N#Cc1ccc(NCc2ccc(Br)o2)c(Br)c1. The second-order valence-corrected chi connectivity index (χ2v) is 5.00. The van der Waals surface area contributed by atoms with Gasteiger partial charge in [0, 0.05) is 10.2 Å². The number of anilines is 1. The number of hydrogen-bond donors (Lipinski definition) is 1. The smallest absolute Gasteiger partial charge is 0.169 e. The van der Waals surface area contributed by atoms with Crippen molar-refractivity contribution in [2.45, 2.75) is 6.54 Å². The molecule has 5 heteroatoms. The van der Waals surface area contributed by atoms with Crippen LogP contribution in [0.25, 0.3) is 0 Å². The summed E-state index contributed by atoms with van der Waals surface area (Å²) >= 11 is 6.67. The summed E-state index contributed by atoms with van der Waals surface area (Å²) in [6.45, 7) is 0.593. The molecule has 17 heavy (non-hydrogen) atoms. The first-order valence-electron chi connectivity index (χ1n) is 4.87. The van der Waals surface area contributed by atoms with Crippen molar-refractivity contribution in [1.82, 2.24) is 0 Å². The molecule has 0 saturated heterocycles. The molecule has 86 valence electrons. The monoisotopic (exact) mass is 354 g/mol. The first-order chi connectivity index (χ1) is 8.19. The van der Waals surface area contributed by atoms with Gasteiger partial charge in [0.25, 0.3) is 0 Å². The van der Waals surface area contributed by atoms with Crippen LogP contribution in [0.15, 0.2) is 43.9 Å². The number of furan rings is 1. The van der Waals surface area contributed by atoms with E-state index in [1.807, 2.05) is 18.2 Å². The number of rotatable bonds is 3. The minimum atomic E-state index is 0.593. The third-order valence-corrected chi connectivity index (χ3v) is 3.26. The van der Waals surface area contributed by atoms with E-state index < -0.39 is 0 Å². The van der Waals surface area contributed by atoms with Gasteiger partial charge in [-0.25, -0.2) is 0 Å². The molecular weight excluding hydrogens is 348 g/mol. The van der Waals surface area contributed by atoms with Gasteiger partial charge in [-0.3, -0.25) is 0 Å². The van der Waals surface area contributed by atoms with Crippen LogP contribution in [0.3, 0.4) is 0 Å². The van der Waals surface area contributed by atoms with Gasteiger partial charge in [0.05, 0.1) is 18.2 Å². The molecule has 0 amide bonds. The van der Waals surface area contributed by atoms with Crippen LogP contribution in [-0.4, -0.2) is 0 Å². The molecule has 1 aromatic carbocycles. The van der Waals surface area contributed by atoms with Crippen molar-refractivity contribution in [2.75, 3.05) is 5.32 Å². The average Bonchev–Trinajstić information content (AvgIpc) is 2.73. The second kappa shape index (κ2) is 5.39. The largest absolute Gasteiger partial charge is 0.452 e. The molecule has 0 radical (unpaired) electrons. The maximum absolute atomic E-state index is 8.75. The number of hydrogen-bond acceptors (Lipinski definition) is 3. The predicted octanol–water partition coefficient (Wildman–Crippen LogP) is 4.29. The van der Waals surface area contributed by atoms with Crippen molar-refractivity contribution in [1.29, 1.82) is 5.26 Å². The summed E-state index contributed by atoms with van der Waals surface area (Å²) in [5.41, 5.74) is 1.56. The molecule has 0 atom stereocenters. The first kappa shape index (κ1) is 12.2. The van der Waals surface area contributed by atoms with Gasteiger partial charge in [-0.1, -0.05) is 0 Å². The summed E-state index contributed by atoms with van der Waals surface area (Å²) in [6.07, 6.45) is 0. The van der Waals surface area contributed by atoms with Gasteiger partial charge in [-0.05, 0) is 62.2 Å². The van der Waals surface area contributed by atoms with Crippen molar-refractivity contribution >= 4 is 37.5 Å². The molecule has 0 bridgehead atoms. The Morgan fingerprint density at radius 3 is 2.65 bits per heavy atom. The molecule has 0 aliphatic heterocycles. The number of nitriles is 1. The maximum Gasteiger partial charge on any atom is 0.169 e. The zero-order valence-corrected chi connectivity index (χ0v) is 11.9. The Morgan fingerprint density at radius 1 is 1.24 bits per heavy atom. The normalized spacial score (nSPS) is 9.94. The van der Waals surface area contributed by atoms with E-state index in [4.69, 9.17) is 9.68 Å². The molecule has 0 unspecified atom stereocenters. The number of nitrogens with one attached hydrogen (secondary N) is 1. The van der Waals surface area contributed by atoms with Gasteiger partial charge in [0.15, 0.2) is 4.67 Å². The minimum absolute atomic E-state index is 0.593. The minimum Gasteiger partial charge on any atom is -0.452 e. The highest BCUT2D eigenvalue weighted by Gasteiger charge is 2.03. The predicted molar refractivity (Wildman–Crippen MR) is 72.6 cm³/mol. The van der Waals surface area contributed by atoms with Crippen molar-refractivity contribution in [3.8, 4) is 6.07 Å². The van der Waals surface area contributed by atoms with Crippen LogP contribution in [0.1, 0.15) is 11.3 Å². The van der Waals surface area contributed by atoms with Crippen LogP contribution in [-0.2, 0) is 6.54 Å². The Kier molecular flexibility index (Phi) is 3.87. The van der Waals surface area contributed by atoms with Gasteiger partial charge in [0.1, 0.15) is 5.76 Å². The Bertz CT molecular complexity index is 572.